The van der Waals surface area contributed by atoms with E-state index in [0.29, 0.717) is 0 Å². The first kappa shape index (κ1) is 17.6. The Labute approximate surface area is 102 Å². The van der Waals surface area contributed by atoms with Gasteiger partial charge in [-0.05, 0) is 27.8 Å². The van der Waals surface area contributed by atoms with Crippen LogP contribution in [-0.4, -0.2) is 37.7 Å². The van der Waals surface area contributed by atoms with Crippen LogP contribution in [-0.2, 0) is 19.1 Å². The van der Waals surface area contributed by atoms with Gasteiger partial charge in [0.25, 0.3) is 0 Å². The van der Waals surface area contributed by atoms with E-state index in [1.165, 1.54) is 7.11 Å². The molecule has 0 saturated heterocycles. The minimum atomic E-state index is -0.648. The van der Waals surface area contributed by atoms with Crippen molar-refractivity contribution in [2.45, 2.75) is 38.8 Å². The predicted molar refractivity (Wildman–Crippen MR) is 62.6 cm³/mol. The second kappa shape index (κ2) is 7.46. The van der Waals surface area contributed by atoms with E-state index in [1.54, 1.807) is 27.8 Å². The van der Waals surface area contributed by atoms with Crippen molar-refractivity contribution >= 4 is 24.3 Å². The number of esters is 2. The maximum atomic E-state index is 11.4. The average molecular weight is 254 g/mol. The first-order valence-electron chi connectivity index (χ1n) is 4.77. The van der Waals surface area contributed by atoms with Gasteiger partial charge in [-0.3, -0.25) is 9.59 Å². The molecule has 0 bridgehead atoms. The van der Waals surface area contributed by atoms with Gasteiger partial charge >= 0.3 is 11.9 Å². The molecule has 0 saturated carbocycles. The van der Waals surface area contributed by atoms with E-state index < -0.39 is 23.6 Å². The number of hydrogen-bond donors (Lipinski definition) is 1. The Morgan fingerprint density at radius 1 is 1.31 bits per heavy atom. The topological polar surface area (TPSA) is 64.6 Å². The first-order valence-corrected chi connectivity index (χ1v) is 4.77. The number of ether oxygens (including phenoxy) is 2. The van der Waals surface area contributed by atoms with Crippen LogP contribution in [0.1, 0.15) is 27.2 Å². The van der Waals surface area contributed by atoms with Gasteiger partial charge in [-0.1, -0.05) is 0 Å². The molecule has 0 heterocycles. The van der Waals surface area contributed by atoms with Crippen molar-refractivity contribution in [3.05, 3.63) is 0 Å². The lowest BCUT2D eigenvalue weighted by molar-refractivity contribution is -0.158. The van der Waals surface area contributed by atoms with Crippen molar-refractivity contribution in [2.24, 2.45) is 0 Å². The maximum Gasteiger partial charge on any atom is 0.323 e. The molecular weight excluding hydrogens is 234 g/mol. The molecule has 0 aromatic rings. The van der Waals surface area contributed by atoms with Crippen LogP contribution in [0.2, 0.25) is 0 Å². The lowest BCUT2D eigenvalue weighted by atomic mass is 10.1. The van der Waals surface area contributed by atoms with Crippen molar-refractivity contribution < 1.29 is 19.1 Å². The highest BCUT2D eigenvalue weighted by Gasteiger charge is 2.24. The SMILES string of the molecule is CNC(CC(=O)OC(C)(C)C)C(=O)OC.Cl. The fourth-order valence-corrected chi connectivity index (χ4v) is 0.995. The molecule has 0 rings (SSSR count). The highest BCUT2D eigenvalue weighted by atomic mass is 35.5. The highest BCUT2D eigenvalue weighted by Crippen LogP contribution is 2.09. The van der Waals surface area contributed by atoms with E-state index in [-0.39, 0.29) is 18.8 Å². The smallest absolute Gasteiger partial charge is 0.323 e. The molecule has 1 unspecified atom stereocenters. The van der Waals surface area contributed by atoms with Crippen LogP contribution in [0.15, 0.2) is 0 Å². The van der Waals surface area contributed by atoms with Gasteiger partial charge in [-0.15, -0.1) is 12.4 Å². The maximum absolute atomic E-state index is 11.4. The Hall–Kier alpha value is -0.810. The van der Waals surface area contributed by atoms with Crippen LogP contribution >= 0.6 is 12.4 Å². The molecule has 1 atom stereocenters. The van der Waals surface area contributed by atoms with Gasteiger partial charge in [0.05, 0.1) is 13.5 Å². The normalized spacial score (nSPS) is 12.3. The second-order valence-electron chi connectivity index (χ2n) is 4.15. The lowest BCUT2D eigenvalue weighted by Crippen LogP contribution is -2.38. The van der Waals surface area contributed by atoms with Crippen LogP contribution in [0.25, 0.3) is 0 Å². The summed E-state index contributed by atoms with van der Waals surface area (Å²) in [5.41, 5.74) is -0.536. The van der Waals surface area contributed by atoms with Crippen molar-refractivity contribution in [1.82, 2.24) is 5.32 Å². The van der Waals surface area contributed by atoms with Gasteiger partial charge in [0, 0.05) is 0 Å². The number of methoxy groups -OCH3 is 1. The molecular formula is C10H20ClNO4. The largest absolute Gasteiger partial charge is 0.468 e. The number of likely N-dealkylation sites (N-methyl/N-ethyl adjacent to an activating group) is 1. The summed E-state index contributed by atoms with van der Waals surface area (Å²) in [7, 11) is 2.87. The zero-order valence-electron chi connectivity index (χ0n) is 10.3. The van der Waals surface area contributed by atoms with Crippen molar-refractivity contribution in [2.75, 3.05) is 14.2 Å². The van der Waals surface area contributed by atoms with Crippen LogP contribution in [0.3, 0.4) is 0 Å². The predicted octanol–water partition coefficient (Wildman–Crippen LogP) is 0.901. The Morgan fingerprint density at radius 2 is 1.81 bits per heavy atom. The average Bonchev–Trinajstić information content (AvgIpc) is 2.10. The summed E-state index contributed by atoms with van der Waals surface area (Å²) in [5, 5.41) is 2.69. The van der Waals surface area contributed by atoms with E-state index in [0.717, 1.165) is 0 Å². The molecule has 0 aliphatic carbocycles. The molecule has 0 fully saturated rings. The number of halogens is 1. The molecule has 0 aliphatic rings. The van der Waals surface area contributed by atoms with Gasteiger partial charge < -0.3 is 14.8 Å². The van der Waals surface area contributed by atoms with Crippen molar-refractivity contribution in [1.29, 1.82) is 0 Å². The molecule has 96 valence electrons. The molecule has 0 radical (unpaired) electrons. The Kier molecular flexibility index (Phi) is 8.20. The Morgan fingerprint density at radius 3 is 2.12 bits per heavy atom. The lowest BCUT2D eigenvalue weighted by Gasteiger charge is -2.21. The van der Waals surface area contributed by atoms with Crippen LogP contribution in [0.5, 0.6) is 0 Å². The monoisotopic (exact) mass is 253 g/mol. The van der Waals surface area contributed by atoms with Gasteiger partial charge in [-0.25, -0.2) is 0 Å². The van der Waals surface area contributed by atoms with E-state index in [1.807, 2.05) is 0 Å². The molecule has 0 aromatic heterocycles. The third kappa shape index (κ3) is 7.48. The summed E-state index contributed by atoms with van der Waals surface area (Å²) < 4.78 is 9.60. The fourth-order valence-electron chi connectivity index (χ4n) is 0.995. The van der Waals surface area contributed by atoms with Gasteiger partial charge in [0.15, 0.2) is 0 Å². The van der Waals surface area contributed by atoms with Crippen LogP contribution in [0, 0.1) is 0 Å². The molecule has 16 heavy (non-hydrogen) atoms. The van der Waals surface area contributed by atoms with Crippen molar-refractivity contribution in [3.8, 4) is 0 Å². The summed E-state index contributed by atoms with van der Waals surface area (Å²) in [6.07, 6.45) is -0.0273. The molecule has 0 amide bonds. The number of rotatable bonds is 4. The van der Waals surface area contributed by atoms with Crippen LogP contribution in [0.4, 0.5) is 0 Å². The van der Waals surface area contributed by atoms with Gasteiger partial charge in [0.2, 0.25) is 0 Å². The standard InChI is InChI=1S/C10H19NO4.ClH/c1-10(2,3)15-8(12)6-7(11-4)9(13)14-5;/h7,11H,6H2,1-5H3;1H. The summed E-state index contributed by atoms with van der Waals surface area (Å²) >= 11 is 0. The number of carbonyl (C=O) groups excluding carboxylic acids is 2. The minimum Gasteiger partial charge on any atom is -0.468 e. The summed E-state index contributed by atoms with van der Waals surface area (Å²) in [5.74, 6) is -0.893. The fraction of sp³-hybridized carbons (Fsp3) is 0.800. The minimum absolute atomic E-state index is 0. The van der Waals surface area contributed by atoms with E-state index in [4.69, 9.17) is 4.74 Å². The third-order valence-corrected chi connectivity index (χ3v) is 1.62. The van der Waals surface area contributed by atoms with Gasteiger partial charge in [0.1, 0.15) is 11.6 Å². The number of carbonyl (C=O) groups is 2. The molecule has 0 spiro atoms. The van der Waals surface area contributed by atoms with Crippen molar-refractivity contribution in [3.63, 3.8) is 0 Å². The summed E-state index contributed by atoms with van der Waals surface area (Å²) in [6, 6.07) is -0.648. The van der Waals surface area contributed by atoms with E-state index >= 15 is 0 Å². The second-order valence-corrected chi connectivity index (χ2v) is 4.15. The highest BCUT2D eigenvalue weighted by molar-refractivity contribution is 5.85. The van der Waals surface area contributed by atoms with Gasteiger partial charge in [-0.2, -0.15) is 0 Å². The molecule has 0 aromatic carbocycles. The molecule has 5 nitrogen and oxygen atoms in total. The zero-order chi connectivity index (χ0) is 12.1. The molecule has 0 aliphatic heterocycles. The molecule has 6 heteroatoms. The Balaban J connectivity index is 0. The number of hydrogen-bond acceptors (Lipinski definition) is 5. The summed E-state index contributed by atoms with van der Waals surface area (Å²) in [4.78, 5) is 22.5. The zero-order valence-corrected chi connectivity index (χ0v) is 11.1. The number of nitrogens with one attached hydrogen (secondary N) is 1. The molecule has 1 N–H and O–H groups in total. The third-order valence-electron chi connectivity index (χ3n) is 1.62. The van der Waals surface area contributed by atoms with Crippen LogP contribution < -0.4 is 5.32 Å². The van der Waals surface area contributed by atoms with E-state index in [9.17, 15) is 9.59 Å². The van der Waals surface area contributed by atoms with E-state index in [2.05, 4.69) is 10.1 Å². The first-order chi connectivity index (χ1) is 6.80. The Bertz CT molecular complexity index is 237. The quantitative estimate of drug-likeness (QED) is 0.755. The summed E-state index contributed by atoms with van der Waals surface area (Å²) in [6.45, 7) is 5.33.